The van der Waals surface area contributed by atoms with Gasteiger partial charge in [0.25, 0.3) is 0 Å². The number of anilines is 3. The first kappa shape index (κ1) is 15.6. The summed E-state index contributed by atoms with van der Waals surface area (Å²) in [5.41, 5.74) is 2.75. The summed E-state index contributed by atoms with van der Waals surface area (Å²) in [6.45, 7) is 3.90. The fraction of sp³-hybridized carbons (Fsp3) is 0.200. The molecule has 8 heteroatoms. The second-order valence-corrected chi connectivity index (χ2v) is 6.71. The minimum atomic E-state index is -0.0980. The Morgan fingerprint density at radius 3 is 2.91 bits per heavy atom. The number of hydrogen-bond donors (Lipinski definition) is 2. The van der Waals surface area contributed by atoms with Gasteiger partial charge < -0.3 is 10.6 Å². The van der Waals surface area contributed by atoms with Crippen LogP contribution in [-0.4, -0.2) is 20.2 Å². The van der Waals surface area contributed by atoms with Crippen molar-refractivity contribution in [2.45, 2.75) is 20.3 Å². The Labute approximate surface area is 141 Å². The predicted octanol–water partition coefficient (Wildman–Crippen LogP) is 3.54. The van der Waals surface area contributed by atoms with Gasteiger partial charge in [0.2, 0.25) is 5.91 Å². The molecule has 0 aromatic carbocycles. The largest absolute Gasteiger partial charge is 0.316 e. The number of nitrogens with one attached hydrogen (secondary N) is 2. The Morgan fingerprint density at radius 2 is 2.17 bits per heavy atom. The summed E-state index contributed by atoms with van der Waals surface area (Å²) < 4.78 is 4.13. The molecule has 0 aliphatic rings. The van der Waals surface area contributed by atoms with Crippen LogP contribution >= 0.6 is 22.9 Å². The lowest BCUT2D eigenvalue weighted by molar-refractivity contribution is -0.115. The van der Waals surface area contributed by atoms with Crippen LogP contribution in [0.2, 0.25) is 0 Å². The number of aromatic nitrogens is 3. The molecule has 23 heavy (non-hydrogen) atoms. The average Bonchev–Trinajstić information content (AvgIpc) is 3.08. The molecule has 0 fully saturated rings. The number of hydrogen-bond acceptors (Lipinski definition) is 7. The molecule has 3 heterocycles. The zero-order chi connectivity index (χ0) is 16.2. The van der Waals surface area contributed by atoms with Gasteiger partial charge in [-0.25, -0.2) is 9.97 Å². The summed E-state index contributed by atoms with van der Waals surface area (Å²) in [5, 5.41) is 9.32. The lowest BCUT2D eigenvalue weighted by Gasteiger charge is -2.02. The minimum Gasteiger partial charge on any atom is -0.316 e. The van der Waals surface area contributed by atoms with E-state index in [9.17, 15) is 4.79 Å². The maximum absolute atomic E-state index is 12.0. The van der Waals surface area contributed by atoms with Crippen molar-refractivity contribution in [2.24, 2.45) is 0 Å². The van der Waals surface area contributed by atoms with Gasteiger partial charge in [0, 0.05) is 11.6 Å². The number of aryl methyl sites for hydroxylation is 2. The van der Waals surface area contributed by atoms with Gasteiger partial charge in [-0.3, -0.25) is 4.79 Å². The van der Waals surface area contributed by atoms with E-state index in [1.54, 1.807) is 6.20 Å². The molecule has 0 spiro atoms. The molecule has 3 aromatic rings. The van der Waals surface area contributed by atoms with Crippen LogP contribution < -0.4 is 10.6 Å². The van der Waals surface area contributed by atoms with E-state index in [0.717, 1.165) is 32.9 Å². The number of nitrogens with zero attached hydrogens (tertiary/aromatic N) is 3. The number of thiazole rings is 1. The van der Waals surface area contributed by atoms with Crippen molar-refractivity contribution in [3.8, 4) is 0 Å². The van der Waals surface area contributed by atoms with Gasteiger partial charge in [0.15, 0.2) is 5.13 Å². The van der Waals surface area contributed by atoms with Crippen molar-refractivity contribution in [1.29, 1.82) is 0 Å². The van der Waals surface area contributed by atoms with Crippen molar-refractivity contribution in [3.63, 3.8) is 0 Å². The normalized spacial score (nSPS) is 10.5. The van der Waals surface area contributed by atoms with Crippen molar-refractivity contribution in [2.75, 3.05) is 10.6 Å². The van der Waals surface area contributed by atoms with E-state index in [4.69, 9.17) is 0 Å². The van der Waals surface area contributed by atoms with Crippen LogP contribution in [-0.2, 0) is 11.2 Å². The van der Waals surface area contributed by atoms with E-state index in [1.807, 2.05) is 37.4 Å². The predicted molar refractivity (Wildman–Crippen MR) is 93.6 cm³/mol. The first-order valence-corrected chi connectivity index (χ1v) is 8.61. The second-order valence-electron chi connectivity index (χ2n) is 5.04. The second kappa shape index (κ2) is 6.84. The van der Waals surface area contributed by atoms with Crippen molar-refractivity contribution in [3.05, 3.63) is 46.7 Å². The van der Waals surface area contributed by atoms with E-state index in [-0.39, 0.29) is 12.3 Å². The van der Waals surface area contributed by atoms with E-state index in [0.29, 0.717) is 0 Å². The lowest BCUT2D eigenvalue weighted by Crippen LogP contribution is -2.13. The first-order chi connectivity index (χ1) is 11.1. The first-order valence-electron chi connectivity index (χ1n) is 6.96. The maximum atomic E-state index is 12.0. The quantitative estimate of drug-likeness (QED) is 0.739. The summed E-state index contributed by atoms with van der Waals surface area (Å²) in [4.78, 5) is 20.7. The van der Waals surface area contributed by atoms with E-state index < -0.39 is 0 Å². The Balaban J connectivity index is 1.59. The molecule has 0 saturated carbocycles. The third kappa shape index (κ3) is 4.33. The standard InChI is InChI=1S/C15H15N5OS2/c1-9-3-4-16-12(5-9)18-15-17-11(8-22-15)7-13(21)19-14-6-10(2)20-23-14/h3-6,8H,7H2,1-2H3,(H,19,21)(H,16,17,18). The van der Waals surface area contributed by atoms with E-state index in [1.165, 1.54) is 22.9 Å². The minimum absolute atomic E-state index is 0.0980. The van der Waals surface area contributed by atoms with Gasteiger partial charge in [-0.2, -0.15) is 4.37 Å². The molecular weight excluding hydrogens is 330 g/mol. The molecule has 0 saturated heterocycles. The number of amides is 1. The van der Waals surface area contributed by atoms with Gasteiger partial charge in [0.1, 0.15) is 10.8 Å². The molecule has 1 amide bonds. The molecule has 0 radical (unpaired) electrons. The zero-order valence-electron chi connectivity index (χ0n) is 12.7. The van der Waals surface area contributed by atoms with Gasteiger partial charge in [-0.1, -0.05) is 0 Å². The van der Waals surface area contributed by atoms with Crippen LogP contribution in [0.3, 0.4) is 0 Å². The molecule has 0 bridgehead atoms. The van der Waals surface area contributed by atoms with E-state index in [2.05, 4.69) is 25.0 Å². The SMILES string of the molecule is Cc1ccnc(Nc2nc(CC(=O)Nc3cc(C)ns3)cs2)c1. The molecule has 0 atom stereocenters. The molecule has 0 aliphatic heterocycles. The average molecular weight is 345 g/mol. The van der Waals surface area contributed by atoms with Crippen LogP contribution in [0.5, 0.6) is 0 Å². The van der Waals surface area contributed by atoms with Crippen LogP contribution in [0.15, 0.2) is 29.8 Å². The van der Waals surface area contributed by atoms with Crippen LogP contribution in [0.4, 0.5) is 16.0 Å². The Bertz CT molecular complexity index is 827. The molecule has 6 nitrogen and oxygen atoms in total. The highest BCUT2D eigenvalue weighted by Crippen LogP contribution is 2.21. The van der Waals surface area contributed by atoms with Crippen molar-refractivity contribution in [1.82, 2.24) is 14.3 Å². The Kier molecular flexibility index (Phi) is 4.63. The highest BCUT2D eigenvalue weighted by molar-refractivity contribution is 7.13. The lowest BCUT2D eigenvalue weighted by atomic mass is 10.3. The van der Waals surface area contributed by atoms with Crippen molar-refractivity contribution >= 4 is 44.7 Å². The Hall–Kier alpha value is -2.32. The number of carbonyl (C=O) groups is 1. The fourth-order valence-corrected chi connectivity index (χ4v) is 3.32. The molecule has 2 N–H and O–H groups in total. The Morgan fingerprint density at radius 1 is 1.30 bits per heavy atom. The summed E-state index contributed by atoms with van der Waals surface area (Å²) in [5.74, 6) is 0.648. The zero-order valence-corrected chi connectivity index (χ0v) is 14.3. The molecular formula is C15H15N5OS2. The summed E-state index contributed by atoms with van der Waals surface area (Å²) in [6.07, 6.45) is 1.98. The molecule has 3 aromatic heterocycles. The van der Waals surface area contributed by atoms with Crippen molar-refractivity contribution < 1.29 is 4.79 Å². The summed E-state index contributed by atoms with van der Waals surface area (Å²) in [6, 6.07) is 5.73. The smallest absolute Gasteiger partial charge is 0.231 e. The third-order valence-electron chi connectivity index (χ3n) is 2.93. The van der Waals surface area contributed by atoms with Gasteiger partial charge in [-0.05, 0) is 49.1 Å². The highest BCUT2D eigenvalue weighted by atomic mass is 32.1. The number of rotatable bonds is 5. The third-order valence-corrected chi connectivity index (χ3v) is 4.54. The van der Waals surface area contributed by atoms with Gasteiger partial charge in [0.05, 0.1) is 17.8 Å². The van der Waals surface area contributed by atoms with Crippen LogP contribution in [0.1, 0.15) is 17.0 Å². The summed E-state index contributed by atoms with van der Waals surface area (Å²) >= 11 is 2.73. The van der Waals surface area contributed by atoms with Gasteiger partial charge in [-0.15, -0.1) is 11.3 Å². The molecule has 118 valence electrons. The monoisotopic (exact) mass is 345 g/mol. The summed E-state index contributed by atoms with van der Waals surface area (Å²) in [7, 11) is 0. The molecule has 0 unspecified atom stereocenters. The highest BCUT2D eigenvalue weighted by Gasteiger charge is 2.10. The number of pyridine rings is 1. The molecule has 3 rings (SSSR count). The van der Waals surface area contributed by atoms with E-state index >= 15 is 0 Å². The van der Waals surface area contributed by atoms with Crippen LogP contribution in [0.25, 0.3) is 0 Å². The van der Waals surface area contributed by atoms with Crippen LogP contribution in [0, 0.1) is 13.8 Å². The van der Waals surface area contributed by atoms with Gasteiger partial charge >= 0.3 is 0 Å². The topological polar surface area (TPSA) is 79.8 Å². The number of carbonyl (C=O) groups excluding carboxylic acids is 1. The maximum Gasteiger partial charge on any atom is 0.231 e. The fourth-order valence-electron chi connectivity index (χ4n) is 1.93. The molecule has 0 aliphatic carbocycles.